The van der Waals surface area contributed by atoms with Gasteiger partial charge in [0.2, 0.25) is 0 Å². The summed E-state index contributed by atoms with van der Waals surface area (Å²) < 4.78 is 10.3. The lowest BCUT2D eigenvalue weighted by molar-refractivity contribution is -0.129. The van der Waals surface area contributed by atoms with Crippen molar-refractivity contribution >= 4 is 23.7 Å². The highest BCUT2D eigenvalue weighted by molar-refractivity contribution is 5.94. The highest BCUT2D eigenvalue weighted by Crippen LogP contribution is 2.15. The lowest BCUT2D eigenvalue weighted by atomic mass is 10.2. The molecule has 1 aromatic carbocycles. The molecule has 0 aliphatic heterocycles. The molecule has 0 saturated carbocycles. The van der Waals surface area contributed by atoms with Crippen LogP contribution >= 0.6 is 0 Å². The molecule has 0 heterocycles. The summed E-state index contributed by atoms with van der Waals surface area (Å²) in [4.78, 5) is 35.7. The van der Waals surface area contributed by atoms with E-state index in [0.29, 0.717) is 12.2 Å². The Hall–Kier alpha value is -2.57. The zero-order chi connectivity index (χ0) is 19.0. The second-order valence-electron chi connectivity index (χ2n) is 6.55. The molecule has 138 valence electrons. The van der Waals surface area contributed by atoms with Crippen LogP contribution in [0.2, 0.25) is 0 Å². The average Bonchev–Trinajstić information content (AvgIpc) is 2.50. The Morgan fingerprint density at radius 2 is 1.88 bits per heavy atom. The minimum Gasteiger partial charge on any atom is -0.449 e. The van der Waals surface area contributed by atoms with Crippen molar-refractivity contribution in [3.05, 3.63) is 29.8 Å². The Bertz CT molecular complexity index is 622. The van der Waals surface area contributed by atoms with Gasteiger partial charge in [-0.3, -0.25) is 10.1 Å². The fourth-order valence-electron chi connectivity index (χ4n) is 1.82. The second kappa shape index (κ2) is 9.05. The standard InChI is InChI=1S/C18H26N2O5/c1-6-10-19-15(21)12(2)24-16(22)13-8-7-9-14(11-13)20-17(23)25-18(3,4)5/h7-9,11-12H,6,10H2,1-5H3,(H,19,21)(H,20,23)/t12-/m1/s1. The molecule has 0 aromatic heterocycles. The maximum Gasteiger partial charge on any atom is 0.412 e. The average molecular weight is 350 g/mol. The minimum absolute atomic E-state index is 0.226. The van der Waals surface area contributed by atoms with Gasteiger partial charge >= 0.3 is 12.1 Å². The first-order chi connectivity index (χ1) is 11.6. The number of rotatable bonds is 6. The third-order valence-electron chi connectivity index (χ3n) is 2.95. The van der Waals surface area contributed by atoms with E-state index in [9.17, 15) is 14.4 Å². The number of carbonyl (C=O) groups excluding carboxylic acids is 3. The molecule has 7 nitrogen and oxygen atoms in total. The molecule has 0 aliphatic carbocycles. The van der Waals surface area contributed by atoms with Crippen LogP contribution in [0.25, 0.3) is 0 Å². The van der Waals surface area contributed by atoms with E-state index in [1.165, 1.54) is 13.0 Å². The Labute approximate surface area is 148 Å². The summed E-state index contributed by atoms with van der Waals surface area (Å²) in [6, 6.07) is 6.23. The first-order valence-electron chi connectivity index (χ1n) is 8.21. The predicted octanol–water partition coefficient (Wildman–Crippen LogP) is 3.11. The molecule has 2 amide bonds. The number of amides is 2. The normalized spacial score (nSPS) is 12.0. The van der Waals surface area contributed by atoms with Crippen molar-refractivity contribution in [1.82, 2.24) is 5.32 Å². The minimum atomic E-state index is -0.901. The summed E-state index contributed by atoms with van der Waals surface area (Å²) in [5, 5.41) is 5.21. The fraction of sp³-hybridized carbons (Fsp3) is 0.500. The molecule has 7 heteroatoms. The third-order valence-corrected chi connectivity index (χ3v) is 2.95. The number of esters is 1. The fourth-order valence-corrected chi connectivity index (χ4v) is 1.82. The van der Waals surface area contributed by atoms with Crippen molar-refractivity contribution in [2.45, 2.75) is 52.7 Å². The van der Waals surface area contributed by atoms with Crippen LogP contribution in [0.5, 0.6) is 0 Å². The molecule has 0 radical (unpaired) electrons. The summed E-state index contributed by atoms with van der Waals surface area (Å²) in [7, 11) is 0. The number of nitrogens with one attached hydrogen (secondary N) is 2. The molecule has 0 aliphatic rings. The maximum atomic E-state index is 12.2. The number of carbonyl (C=O) groups is 3. The molecule has 1 rings (SSSR count). The molecular weight excluding hydrogens is 324 g/mol. The summed E-state index contributed by atoms with van der Waals surface area (Å²) in [5.41, 5.74) is -0.00229. The summed E-state index contributed by atoms with van der Waals surface area (Å²) in [6.45, 7) is 9.23. The number of hydrogen-bond donors (Lipinski definition) is 2. The van der Waals surface area contributed by atoms with Gasteiger partial charge in [0.25, 0.3) is 5.91 Å². The van der Waals surface area contributed by atoms with Crippen LogP contribution in [0, 0.1) is 0 Å². The van der Waals surface area contributed by atoms with Crippen molar-refractivity contribution < 1.29 is 23.9 Å². The molecule has 0 unspecified atom stereocenters. The van der Waals surface area contributed by atoms with E-state index < -0.39 is 23.8 Å². The van der Waals surface area contributed by atoms with Gasteiger partial charge in [0.1, 0.15) is 5.60 Å². The highest BCUT2D eigenvalue weighted by Gasteiger charge is 2.19. The lowest BCUT2D eigenvalue weighted by Gasteiger charge is -2.19. The van der Waals surface area contributed by atoms with E-state index >= 15 is 0 Å². The Balaban J connectivity index is 2.69. The second-order valence-corrected chi connectivity index (χ2v) is 6.55. The Kier molecular flexibility index (Phi) is 7.42. The number of anilines is 1. The highest BCUT2D eigenvalue weighted by atomic mass is 16.6. The monoisotopic (exact) mass is 350 g/mol. The zero-order valence-electron chi connectivity index (χ0n) is 15.3. The smallest absolute Gasteiger partial charge is 0.412 e. The van der Waals surface area contributed by atoms with E-state index in [1.54, 1.807) is 39.0 Å². The summed E-state index contributed by atoms with van der Waals surface area (Å²) in [5.74, 6) is -0.995. The van der Waals surface area contributed by atoms with Gasteiger partial charge in [-0.15, -0.1) is 0 Å². The molecule has 25 heavy (non-hydrogen) atoms. The van der Waals surface area contributed by atoms with Gasteiger partial charge in [0.15, 0.2) is 6.10 Å². The number of hydrogen-bond acceptors (Lipinski definition) is 5. The van der Waals surface area contributed by atoms with Crippen LogP contribution in [0.4, 0.5) is 10.5 Å². The van der Waals surface area contributed by atoms with E-state index in [-0.39, 0.29) is 11.5 Å². The molecule has 2 N–H and O–H groups in total. The Morgan fingerprint density at radius 3 is 2.48 bits per heavy atom. The van der Waals surface area contributed by atoms with Gasteiger partial charge in [-0.25, -0.2) is 9.59 Å². The van der Waals surface area contributed by atoms with Crippen LogP contribution in [0.3, 0.4) is 0 Å². The van der Waals surface area contributed by atoms with Crippen LogP contribution in [0.15, 0.2) is 24.3 Å². The molecule has 1 aromatic rings. The molecule has 0 bridgehead atoms. The predicted molar refractivity (Wildman–Crippen MR) is 94.5 cm³/mol. The third kappa shape index (κ3) is 7.69. The summed E-state index contributed by atoms with van der Waals surface area (Å²) in [6.07, 6.45) is -0.725. The van der Waals surface area contributed by atoms with E-state index in [2.05, 4.69) is 10.6 Å². The van der Waals surface area contributed by atoms with Gasteiger partial charge in [0.05, 0.1) is 5.56 Å². The quantitative estimate of drug-likeness (QED) is 0.769. The van der Waals surface area contributed by atoms with Crippen LogP contribution in [-0.2, 0) is 14.3 Å². The topological polar surface area (TPSA) is 93.7 Å². The van der Waals surface area contributed by atoms with Gasteiger partial charge in [-0.05, 0) is 52.3 Å². The van der Waals surface area contributed by atoms with E-state index in [1.807, 2.05) is 6.92 Å². The van der Waals surface area contributed by atoms with Crippen molar-refractivity contribution in [3.8, 4) is 0 Å². The van der Waals surface area contributed by atoms with E-state index in [4.69, 9.17) is 9.47 Å². The van der Waals surface area contributed by atoms with Gasteiger partial charge in [0, 0.05) is 12.2 Å². The largest absolute Gasteiger partial charge is 0.449 e. The van der Waals surface area contributed by atoms with Crippen LogP contribution < -0.4 is 10.6 Å². The van der Waals surface area contributed by atoms with Crippen molar-refractivity contribution in [2.75, 3.05) is 11.9 Å². The molecule has 1 atom stereocenters. The first-order valence-corrected chi connectivity index (χ1v) is 8.21. The SMILES string of the molecule is CCCNC(=O)[C@@H](C)OC(=O)c1cccc(NC(=O)OC(C)(C)C)c1. The van der Waals surface area contributed by atoms with Crippen molar-refractivity contribution in [3.63, 3.8) is 0 Å². The summed E-state index contributed by atoms with van der Waals surface area (Å²) >= 11 is 0. The van der Waals surface area contributed by atoms with Gasteiger partial charge < -0.3 is 14.8 Å². The van der Waals surface area contributed by atoms with E-state index in [0.717, 1.165) is 6.42 Å². The maximum absolute atomic E-state index is 12.2. The van der Waals surface area contributed by atoms with Crippen molar-refractivity contribution in [1.29, 1.82) is 0 Å². The molecule has 0 saturated heterocycles. The van der Waals surface area contributed by atoms with Crippen LogP contribution in [-0.4, -0.2) is 36.2 Å². The Morgan fingerprint density at radius 1 is 1.20 bits per heavy atom. The lowest BCUT2D eigenvalue weighted by Crippen LogP contribution is -2.36. The first kappa shape index (κ1) is 20.5. The number of benzene rings is 1. The number of ether oxygens (including phenoxy) is 2. The molecule has 0 fully saturated rings. The van der Waals surface area contributed by atoms with Crippen LogP contribution in [0.1, 0.15) is 51.4 Å². The van der Waals surface area contributed by atoms with Crippen molar-refractivity contribution in [2.24, 2.45) is 0 Å². The van der Waals surface area contributed by atoms with Gasteiger partial charge in [-0.2, -0.15) is 0 Å². The molecular formula is C18H26N2O5. The van der Waals surface area contributed by atoms with Gasteiger partial charge in [-0.1, -0.05) is 13.0 Å². The molecule has 0 spiro atoms. The zero-order valence-corrected chi connectivity index (χ0v) is 15.3.